The normalized spacial score (nSPS) is 13.6. The number of carbonyl (C=O) groups is 4. The zero-order valence-corrected chi connectivity index (χ0v) is 26.9. The van der Waals surface area contributed by atoms with Crippen LogP contribution in [0, 0.1) is 5.41 Å². The van der Waals surface area contributed by atoms with E-state index < -0.39 is 17.9 Å². The summed E-state index contributed by atoms with van der Waals surface area (Å²) in [5, 5.41) is 20.4. The van der Waals surface area contributed by atoms with Crippen molar-refractivity contribution >= 4 is 57.7 Å². The molecule has 246 valence electrons. The van der Waals surface area contributed by atoms with Crippen LogP contribution in [-0.2, 0) is 33.4 Å². The van der Waals surface area contributed by atoms with Crippen LogP contribution < -0.4 is 0 Å². The average Bonchev–Trinajstić information content (AvgIpc) is 3.89. The molecule has 0 amide bonds. The van der Waals surface area contributed by atoms with Gasteiger partial charge in [0.25, 0.3) is 0 Å². The number of carboxylic acid groups (broad SMARTS) is 1. The minimum atomic E-state index is -0.976. The van der Waals surface area contributed by atoms with Gasteiger partial charge in [-0.15, -0.1) is 0 Å². The van der Waals surface area contributed by atoms with E-state index in [1.165, 1.54) is 6.21 Å². The summed E-state index contributed by atoms with van der Waals surface area (Å²) in [6.07, 6.45) is 6.14. The maximum absolute atomic E-state index is 12.7. The number of carboxylic acids is 1. The Balaban J connectivity index is 0.000000320. The van der Waals surface area contributed by atoms with Gasteiger partial charge in [0.05, 0.1) is 19.3 Å². The Labute approximate surface area is 274 Å². The lowest BCUT2D eigenvalue weighted by molar-refractivity contribution is -0.154. The lowest BCUT2D eigenvalue weighted by atomic mass is 9.93. The Morgan fingerprint density at radius 2 is 1.62 bits per heavy atom. The first-order valence-electron chi connectivity index (χ1n) is 15.5. The number of epoxide rings is 1. The number of benzene rings is 3. The van der Waals surface area contributed by atoms with Crippen molar-refractivity contribution in [3.63, 3.8) is 0 Å². The average molecular weight is 640 g/mol. The number of aliphatic carboxylic acids is 1. The molecule has 9 heteroatoms. The van der Waals surface area contributed by atoms with Crippen molar-refractivity contribution < 1.29 is 38.5 Å². The fourth-order valence-electron chi connectivity index (χ4n) is 4.68. The van der Waals surface area contributed by atoms with Crippen molar-refractivity contribution in [3.05, 3.63) is 102 Å². The van der Waals surface area contributed by atoms with Crippen molar-refractivity contribution in [1.29, 1.82) is 5.41 Å². The van der Waals surface area contributed by atoms with Gasteiger partial charge in [-0.05, 0) is 71.4 Å². The molecule has 0 saturated carbocycles. The summed E-state index contributed by atoms with van der Waals surface area (Å²) in [5.74, 6) is -2.75. The molecule has 4 rings (SSSR count). The van der Waals surface area contributed by atoms with E-state index in [1.807, 2.05) is 56.3 Å². The van der Waals surface area contributed by atoms with E-state index in [9.17, 15) is 19.2 Å². The highest BCUT2D eigenvalue weighted by Gasteiger charge is 2.27. The summed E-state index contributed by atoms with van der Waals surface area (Å²) in [7, 11) is 0. The Morgan fingerprint density at radius 3 is 2.26 bits per heavy atom. The van der Waals surface area contributed by atoms with E-state index >= 15 is 0 Å². The minimum absolute atomic E-state index is 0.00129. The zero-order chi connectivity index (χ0) is 34.5. The number of hydrogen-bond donors (Lipinski definition) is 2. The predicted molar refractivity (Wildman–Crippen MR) is 183 cm³/mol. The SMILES string of the molecule is C=C(CC1CO1)C(=O)OC(=O)C(=Cc1cccc2cc3ccccc3c(C=N)c12)CC.C=C(CCCCOC(=O)C(=C)CC)C(=O)O. The van der Waals surface area contributed by atoms with Crippen LogP contribution in [0.3, 0.4) is 0 Å². The Hall–Kier alpha value is -5.15. The first-order valence-corrected chi connectivity index (χ1v) is 15.5. The van der Waals surface area contributed by atoms with Gasteiger partial charge in [0, 0.05) is 40.5 Å². The predicted octanol–water partition coefficient (Wildman–Crippen LogP) is 7.51. The first-order chi connectivity index (χ1) is 22.5. The summed E-state index contributed by atoms with van der Waals surface area (Å²) in [5.41, 5.74) is 2.83. The molecule has 0 spiro atoms. The molecule has 1 fully saturated rings. The molecular formula is C38H41NO8. The molecule has 47 heavy (non-hydrogen) atoms. The summed E-state index contributed by atoms with van der Waals surface area (Å²) >= 11 is 0. The van der Waals surface area contributed by atoms with Gasteiger partial charge in [0.2, 0.25) is 0 Å². The van der Waals surface area contributed by atoms with Gasteiger partial charge in [-0.25, -0.2) is 19.2 Å². The molecule has 1 saturated heterocycles. The lowest BCUT2D eigenvalue weighted by Crippen LogP contribution is -2.16. The third-order valence-corrected chi connectivity index (χ3v) is 7.55. The summed E-state index contributed by atoms with van der Waals surface area (Å²) < 4.78 is 15.1. The highest BCUT2D eigenvalue weighted by molar-refractivity contribution is 6.15. The third kappa shape index (κ3) is 10.4. The molecule has 0 bridgehead atoms. The van der Waals surface area contributed by atoms with E-state index in [0.717, 1.165) is 32.7 Å². The lowest BCUT2D eigenvalue weighted by Gasteiger charge is -2.12. The fourth-order valence-corrected chi connectivity index (χ4v) is 4.68. The number of unbranched alkanes of at least 4 members (excludes halogenated alkanes) is 1. The molecule has 2 N–H and O–H groups in total. The van der Waals surface area contributed by atoms with Crippen LogP contribution in [0.15, 0.2) is 90.6 Å². The second-order valence-electron chi connectivity index (χ2n) is 11.0. The van der Waals surface area contributed by atoms with Crippen LogP contribution in [0.1, 0.15) is 63.5 Å². The van der Waals surface area contributed by atoms with E-state index in [-0.39, 0.29) is 23.2 Å². The van der Waals surface area contributed by atoms with E-state index in [0.29, 0.717) is 62.9 Å². The number of esters is 3. The van der Waals surface area contributed by atoms with E-state index in [4.69, 9.17) is 24.7 Å². The standard InChI is InChI=1S/C26H23NO4.C12H18O4/c1-3-17(26(29)31-25(28)16(2)11-21-15-30-21)12-19-8-6-9-20-13-18-7-4-5-10-22(18)23(14-27)24(19)20;1-4-9(2)12(15)16-8-6-5-7-10(3)11(13)14/h4-10,12-14,21,27H,2-3,11,15H2,1H3;2-8H2,1H3,(H,13,14). The molecular weight excluding hydrogens is 598 g/mol. The van der Waals surface area contributed by atoms with Crippen molar-refractivity contribution in [2.45, 2.75) is 58.5 Å². The molecule has 1 aliphatic rings. The summed E-state index contributed by atoms with van der Waals surface area (Å²) in [4.78, 5) is 46.4. The van der Waals surface area contributed by atoms with Crippen LogP contribution in [0.2, 0.25) is 0 Å². The molecule has 1 unspecified atom stereocenters. The van der Waals surface area contributed by atoms with Gasteiger partial charge in [-0.1, -0.05) is 76.0 Å². The smallest absolute Gasteiger partial charge is 0.341 e. The summed E-state index contributed by atoms with van der Waals surface area (Å²) in [6.45, 7) is 15.2. The minimum Gasteiger partial charge on any atom is -0.478 e. The molecule has 3 aromatic rings. The van der Waals surface area contributed by atoms with Crippen molar-refractivity contribution in [1.82, 2.24) is 0 Å². The van der Waals surface area contributed by atoms with E-state index in [1.54, 1.807) is 6.08 Å². The maximum Gasteiger partial charge on any atom is 0.341 e. The molecule has 0 aliphatic carbocycles. The van der Waals surface area contributed by atoms with Gasteiger partial charge < -0.3 is 24.7 Å². The van der Waals surface area contributed by atoms with Gasteiger partial charge in [0.15, 0.2) is 0 Å². The van der Waals surface area contributed by atoms with Crippen LogP contribution in [0.4, 0.5) is 0 Å². The van der Waals surface area contributed by atoms with Gasteiger partial charge in [0.1, 0.15) is 0 Å². The fraction of sp³-hybridized carbons (Fsp3) is 0.289. The second kappa shape index (κ2) is 17.5. The quantitative estimate of drug-likeness (QED) is 0.0331. The third-order valence-electron chi connectivity index (χ3n) is 7.55. The maximum atomic E-state index is 12.7. The van der Waals surface area contributed by atoms with Crippen LogP contribution in [0.5, 0.6) is 0 Å². The van der Waals surface area contributed by atoms with Crippen molar-refractivity contribution in [3.8, 4) is 0 Å². The first kappa shape index (κ1) is 36.3. The topological polar surface area (TPSA) is 143 Å². The Morgan fingerprint density at radius 1 is 0.915 bits per heavy atom. The van der Waals surface area contributed by atoms with Gasteiger partial charge >= 0.3 is 23.9 Å². The van der Waals surface area contributed by atoms with Gasteiger partial charge in [-0.3, -0.25) is 0 Å². The van der Waals surface area contributed by atoms with Gasteiger partial charge in [-0.2, -0.15) is 0 Å². The molecule has 9 nitrogen and oxygen atoms in total. The molecule has 0 radical (unpaired) electrons. The number of nitrogens with one attached hydrogen (secondary N) is 1. The highest BCUT2D eigenvalue weighted by Crippen LogP contribution is 2.31. The second-order valence-corrected chi connectivity index (χ2v) is 11.0. The van der Waals surface area contributed by atoms with Crippen LogP contribution in [0.25, 0.3) is 27.6 Å². The van der Waals surface area contributed by atoms with Crippen LogP contribution >= 0.6 is 0 Å². The molecule has 1 atom stereocenters. The molecule has 1 heterocycles. The monoisotopic (exact) mass is 639 g/mol. The number of hydrogen-bond acceptors (Lipinski definition) is 8. The molecule has 1 aliphatic heterocycles. The molecule has 3 aromatic carbocycles. The zero-order valence-electron chi connectivity index (χ0n) is 26.9. The highest BCUT2D eigenvalue weighted by atomic mass is 16.6. The van der Waals surface area contributed by atoms with Crippen molar-refractivity contribution in [2.24, 2.45) is 0 Å². The Bertz CT molecular complexity index is 1750. The van der Waals surface area contributed by atoms with Crippen LogP contribution in [-0.4, -0.2) is 54.5 Å². The summed E-state index contributed by atoms with van der Waals surface area (Å²) in [6, 6.07) is 15.8. The largest absolute Gasteiger partial charge is 0.478 e. The number of fused-ring (bicyclic) bond motifs is 2. The number of rotatable bonds is 15. The van der Waals surface area contributed by atoms with E-state index in [2.05, 4.69) is 25.8 Å². The molecule has 0 aromatic heterocycles. The number of carbonyl (C=O) groups excluding carboxylic acids is 3. The van der Waals surface area contributed by atoms with Crippen molar-refractivity contribution in [2.75, 3.05) is 13.2 Å². The Kier molecular flexibility index (Phi) is 13.5. The number of ether oxygens (including phenoxy) is 3.